The predicted molar refractivity (Wildman–Crippen MR) is 94.7 cm³/mol. The molecule has 5 nitrogen and oxygen atoms in total. The minimum absolute atomic E-state index is 0.545. The largest absolute Gasteiger partial charge is 0.493 e. The lowest BCUT2D eigenvalue weighted by Crippen LogP contribution is -2.01. The number of halogens is 1. The van der Waals surface area contributed by atoms with Crippen molar-refractivity contribution in [1.29, 1.82) is 5.26 Å². The van der Waals surface area contributed by atoms with Crippen molar-refractivity contribution in [3.63, 3.8) is 0 Å². The second-order valence-electron chi connectivity index (χ2n) is 4.73. The highest BCUT2D eigenvalue weighted by molar-refractivity contribution is 9.10. The van der Waals surface area contributed by atoms with Gasteiger partial charge in [0.15, 0.2) is 11.5 Å². The van der Waals surface area contributed by atoms with Crippen molar-refractivity contribution in [3.05, 3.63) is 32.6 Å². The molecule has 1 heterocycles. The zero-order valence-corrected chi connectivity index (χ0v) is 15.5. The Balaban J connectivity index is 2.35. The van der Waals surface area contributed by atoms with E-state index < -0.39 is 0 Å². The molecule has 2 N–H and O–H groups in total. The van der Waals surface area contributed by atoms with Crippen molar-refractivity contribution in [2.45, 2.75) is 12.8 Å². The topological polar surface area (TPSA) is 77.5 Å². The van der Waals surface area contributed by atoms with Gasteiger partial charge in [-0.25, -0.2) is 0 Å². The maximum Gasteiger partial charge on any atom is 0.204 e. The van der Waals surface area contributed by atoms with Crippen LogP contribution in [0.1, 0.15) is 16.7 Å². The van der Waals surface area contributed by atoms with Gasteiger partial charge in [-0.1, -0.05) is 0 Å². The molecule has 2 aromatic rings. The Labute approximate surface area is 147 Å². The van der Waals surface area contributed by atoms with Gasteiger partial charge in [-0.2, -0.15) is 5.26 Å². The molecule has 1 aromatic heterocycles. The Kier molecular flexibility index (Phi) is 5.74. The number of nitrogens with zero attached hydrogens (tertiary/aromatic N) is 1. The van der Waals surface area contributed by atoms with Crippen molar-refractivity contribution >= 4 is 32.3 Å². The van der Waals surface area contributed by atoms with Crippen molar-refractivity contribution in [2.75, 3.05) is 27.1 Å². The summed E-state index contributed by atoms with van der Waals surface area (Å²) in [6.07, 6.45) is 1.41. The van der Waals surface area contributed by atoms with Crippen molar-refractivity contribution in [2.24, 2.45) is 0 Å². The van der Waals surface area contributed by atoms with Crippen LogP contribution in [0.3, 0.4) is 0 Å². The van der Waals surface area contributed by atoms with Gasteiger partial charge < -0.3 is 19.9 Å². The number of nitriles is 1. The Bertz CT molecular complexity index is 753. The lowest BCUT2D eigenvalue weighted by molar-refractivity contribution is 0.322. The molecular formula is C16H17BrN2O3S. The molecule has 7 heteroatoms. The van der Waals surface area contributed by atoms with Crippen molar-refractivity contribution in [1.82, 2.24) is 0 Å². The molecule has 2 rings (SSSR count). The fraction of sp³-hybridized carbons (Fsp3) is 0.312. The van der Waals surface area contributed by atoms with Crippen molar-refractivity contribution in [3.8, 4) is 23.3 Å². The zero-order valence-electron chi connectivity index (χ0n) is 13.1. The summed E-state index contributed by atoms with van der Waals surface area (Å²) in [5, 5.41) is 11.7. The molecule has 0 aliphatic heterocycles. The molecule has 0 radical (unpaired) electrons. The summed E-state index contributed by atoms with van der Waals surface area (Å²) in [5.41, 5.74) is 8.34. The molecule has 1 aromatic carbocycles. The minimum atomic E-state index is 0.545. The fourth-order valence-electron chi connectivity index (χ4n) is 2.34. The van der Waals surface area contributed by atoms with Gasteiger partial charge in [-0.3, -0.25) is 0 Å². The van der Waals surface area contributed by atoms with Gasteiger partial charge >= 0.3 is 0 Å². The number of aryl methyl sites for hydroxylation is 2. The number of rotatable bonds is 6. The third-order valence-electron chi connectivity index (χ3n) is 3.52. The molecule has 0 spiro atoms. The van der Waals surface area contributed by atoms with Crippen LogP contribution in [0.5, 0.6) is 17.2 Å². The zero-order chi connectivity index (χ0) is 17.0. The standard InChI is InChI=1S/C16H17BrN2O3S/c1-20-12-6-9(13(17)15(22-3)14(12)21-2)4-5-10-8-23-16(19)11(10)7-18/h6,8H,4-5,19H2,1-3H3. The number of nitrogens with two attached hydrogens (primary N) is 1. The number of ether oxygens (including phenoxy) is 3. The molecule has 0 saturated carbocycles. The molecular weight excluding hydrogens is 380 g/mol. The van der Waals surface area contributed by atoms with Gasteiger partial charge in [-0.15, -0.1) is 11.3 Å². The second kappa shape index (κ2) is 7.57. The van der Waals surface area contributed by atoms with Crippen LogP contribution in [0.15, 0.2) is 15.9 Å². The van der Waals surface area contributed by atoms with Crippen LogP contribution < -0.4 is 19.9 Å². The highest BCUT2D eigenvalue weighted by atomic mass is 79.9. The first-order valence-corrected chi connectivity index (χ1v) is 8.47. The third kappa shape index (κ3) is 3.38. The third-order valence-corrected chi connectivity index (χ3v) is 5.25. The molecule has 0 aliphatic rings. The molecule has 23 heavy (non-hydrogen) atoms. The summed E-state index contributed by atoms with van der Waals surface area (Å²) in [6, 6.07) is 4.07. The number of thiophene rings is 1. The SMILES string of the molecule is COc1cc(CCc2csc(N)c2C#N)c(Br)c(OC)c1OC. The van der Waals surface area contributed by atoms with E-state index in [0.717, 1.165) is 15.6 Å². The van der Waals surface area contributed by atoms with Crippen LogP contribution in [0.25, 0.3) is 0 Å². The van der Waals surface area contributed by atoms with Gasteiger partial charge in [0.05, 0.1) is 31.4 Å². The number of benzene rings is 1. The monoisotopic (exact) mass is 396 g/mol. The van der Waals surface area contributed by atoms with E-state index in [9.17, 15) is 5.26 Å². The molecule has 0 saturated heterocycles. The normalized spacial score (nSPS) is 10.2. The maximum atomic E-state index is 9.18. The van der Waals surface area contributed by atoms with E-state index in [1.165, 1.54) is 11.3 Å². The molecule has 0 fully saturated rings. The first-order valence-electron chi connectivity index (χ1n) is 6.80. The molecule has 0 amide bonds. The van der Waals surface area contributed by atoms with E-state index >= 15 is 0 Å². The first kappa shape index (κ1) is 17.4. The van der Waals surface area contributed by atoms with Gasteiger partial charge in [0.25, 0.3) is 0 Å². The van der Waals surface area contributed by atoms with Crippen LogP contribution in [-0.2, 0) is 12.8 Å². The smallest absolute Gasteiger partial charge is 0.204 e. The summed E-state index contributed by atoms with van der Waals surface area (Å²) >= 11 is 4.95. The summed E-state index contributed by atoms with van der Waals surface area (Å²) in [5.74, 6) is 1.74. The van der Waals surface area contributed by atoms with Crippen LogP contribution in [0.2, 0.25) is 0 Å². The highest BCUT2D eigenvalue weighted by Gasteiger charge is 2.19. The highest BCUT2D eigenvalue weighted by Crippen LogP contribution is 2.45. The number of anilines is 1. The number of hydrogen-bond donors (Lipinski definition) is 1. The number of hydrogen-bond acceptors (Lipinski definition) is 6. The van der Waals surface area contributed by atoms with Gasteiger partial charge in [-0.05, 0) is 51.3 Å². The Morgan fingerprint density at radius 2 is 1.78 bits per heavy atom. The van der Waals surface area contributed by atoms with E-state index in [4.69, 9.17) is 19.9 Å². The van der Waals surface area contributed by atoms with Crippen LogP contribution in [-0.4, -0.2) is 21.3 Å². The summed E-state index contributed by atoms with van der Waals surface area (Å²) in [4.78, 5) is 0. The molecule has 0 bridgehead atoms. The van der Waals surface area contributed by atoms with Crippen molar-refractivity contribution < 1.29 is 14.2 Å². The number of methoxy groups -OCH3 is 3. The lowest BCUT2D eigenvalue weighted by Gasteiger charge is -2.16. The fourth-order valence-corrected chi connectivity index (χ4v) is 3.80. The Morgan fingerprint density at radius 3 is 2.35 bits per heavy atom. The summed E-state index contributed by atoms with van der Waals surface area (Å²) in [7, 11) is 4.74. The van der Waals surface area contributed by atoms with E-state index in [0.29, 0.717) is 40.7 Å². The van der Waals surface area contributed by atoms with E-state index in [1.807, 2.05) is 11.4 Å². The van der Waals surface area contributed by atoms with Crippen LogP contribution in [0.4, 0.5) is 5.00 Å². The molecule has 0 aliphatic carbocycles. The quantitative estimate of drug-likeness (QED) is 0.803. The summed E-state index contributed by atoms with van der Waals surface area (Å²) < 4.78 is 17.0. The number of nitrogen functional groups attached to an aromatic ring is 1. The van der Waals surface area contributed by atoms with E-state index in [1.54, 1.807) is 21.3 Å². The Morgan fingerprint density at radius 1 is 1.13 bits per heavy atom. The van der Waals surface area contributed by atoms with Crippen LogP contribution >= 0.6 is 27.3 Å². The molecule has 0 atom stereocenters. The molecule has 0 unspecified atom stereocenters. The second-order valence-corrected chi connectivity index (χ2v) is 6.43. The average Bonchev–Trinajstić information content (AvgIpc) is 2.92. The minimum Gasteiger partial charge on any atom is -0.493 e. The first-order chi connectivity index (χ1) is 11.1. The van der Waals surface area contributed by atoms with Gasteiger partial charge in [0.2, 0.25) is 5.75 Å². The van der Waals surface area contributed by atoms with Gasteiger partial charge in [0, 0.05) is 0 Å². The predicted octanol–water partition coefficient (Wildman–Crippen LogP) is 3.78. The average molecular weight is 397 g/mol. The maximum absolute atomic E-state index is 9.18. The lowest BCUT2D eigenvalue weighted by atomic mass is 10.0. The summed E-state index contributed by atoms with van der Waals surface area (Å²) in [6.45, 7) is 0. The van der Waals surface area contributed by atoms with E-state index in [2.05, 4.69) is 22.0 Å². The van der Waals surface area contributed by atoms with Gasteiger partial charge in [0.1, 0.15) is 11.1 Å². The van der Waals surface area contributed by atoms with E-state index in [-0.39, 0.29) is 0 Å². The Hall–Kier alpha value is -1.91. The van der Waals surface area contributed by atoms with Crippen LogP contribution in [0, 0.1) is 11.3 Å². The molecule has 122 valence electrons.